The van der Waals surface area contributed by atoms with Crippen LogP contribution in [-0.4, -0.2) is 19.8 Å². The first-order valence-corrected chi connectivity index (χ1v) is 7.56. The van der Waals surface area contributed by atoms with E-state index in [2.05, 4.69) is 13.8 Å². The van der Waals surface area contributed by atoms with Gasteiger partial charge in [-0.3, -0.25) is 0 Å². The molecule has 0 spiro atoms. The first-order valence-electron chi connectivity index (χ1n) is 6.47. The van der Waals surface area contributed by atoms with Gasteiger partial charge in [-0.1, -0.05) is 39.5 Å². The van der Waals surface area contributed by atoms with Crippen molar-refractivity contribution >= 4 is 8.60 Å². The minimum atomic E-state index is -0.976. The summed E-state index contributed by atoms with van der Waals surface area (Å²) in [6.45, 7) is 7.09. The maximum atomic E-state index is 5.55. The van der Waals surface area contributed by atoms with Gasteiger partial charge >= 0.3 is 8.60 Å². The molecule has 3 rings (SSSR count). The van der Waals surface area contributed by atoms with Crippen LogP contribution in [0, 0.1) is 11.3 Å². The van der Waals surface area contributed by atoms with Crippen molar-refractivity contribution < 1.29 is 13.6 Å². The van der Waals surface area contributed by atoms with Crippen molar-refractivity contribution in [3.05, 3.63) is 0 Å². The highest BCUT2D eigenvalue weighted by Crippen LogP contribution is 2.55. The smallest absolute Gasteiger partial charge is 0.311 e. The largest absolute Gasteiger partial charge is 0.332 e. The molecule has 0 amide bonds. The molecule has 3 saturated heterocycles. The van der Waals surface area contributed by atoms with E-state index in [9.17, 15) is 0 Å². The molecule has 3 aliphatic heterocycles. The molecule has 3 fully saturated rings. The van der Waals surface area contributed by atoms with Crippen LogP contribution in [0.4, 0.5) is 0 Å². The molecule has 4 heteroatoms. The Morgan fingerprint density at radius 3 is 2.25 bits per heavy atom. The quantitative estimate of drug-likeness (QED) is 0.665. The van der Waals surface area contributed by atoms with Gasteiger partial charge in [0, 0.05) is 5.41 Å². The van der Waals surface area contributed by atoms with Crippen LogP contribution >= 0.6 is 8.60 Å². The number of fused-ring (bicyclic) bond motifs is 3. The van der Waals surface area contributed by atoms with Gasteiger partial charge < -0.3 is 13.6 Å². The van der Waals surface area contributed by atoms with Gasteiger partial charge in [0.1, 0.15) is 0 Å². The molecule has 3 heterocycles. The highest BCUT2D eigenvalue weighted by Gasteiger charge is 2.45. The standard InChI is InChI=1S/C12H23O3P/c1-3-5-6-11(4-2)7-12-8-13-16(14-9-12)15-10-12/h11H,3-10H2,1-2H3. The van der Waals surface area contributed by atoms with Crippen LogP contribution in [0.2, 0.25) is 0 Å². The first-order chi connectivity index (χ1) is 7.78. The highest BCUT2D eigenvalue weighted by atomic mass is 31.2. The van der Waals surface area contributed by atoms with E-state index >= 15 is 0 Å². The second-order valence-electron chi connectivity index (χ2n) is 5.16. The highest BCUT2D eigenvalue weighted by molar-refractivity contribution is 7.41. The lowest BCUT2D eigenvalue weighted by Crippen LogP contribution is -2.44. The Balaban J connectivity index is 1.85. The van der Waals surface area contributed by atoms with Crippen LogP contribution in [0.15, 0.2) is 0 Å². The molecule has 2 bridgehead atoms. The average molecular weight is 246 g/mol. The van der Waals surface area contributed by atoms with Crippen molar-refractivity contribution in [2.45, 2.75) is 46.0 Å². The molecule has 94 valence electrons. The average Bonchev–Trinajstić information content (AvgIpc) is 2.36. The second-order valence-corrected chi connectivity index (χ2v) is 6.39. The van der Waals surface area contributed by atoms with E-state index in [4.69, 9.17) is 13.6 Å². The Labute approximate surface area is 99.8 Å². The van der Waals surface area contributed by atoms with Crippen molar-refractivity contribution in [3.8, 4) is 0 Å². The predicted octanol–water partition coefficient (Wildman–Crippen LogP) is 3.88. The van der Waals surface area contributed by atoms with E-state index in [-0.39, 0.29) is 5.41 Å². The molecular formula is C12H23O3P. The van der Waals surface area contributed by atoms with Gasteiger partial charge in [0.2, 0.25) is 0 Å². The molecule has 0 N–H and O–H groups in total. The summed E-state index contributed by atoms with van der Waals surface area (Å²) in [4.78, 5) is 0. The Morgan fingerprint density at radius 2 is 1.75 bits per heavy atom. The van der Waals surface area contributed by atoms with Gasteiger partial charge in [-0.15, -0.1) is 0 Å². The van der Waals surface area contributed by atoms with Crippen molar-refractivity contribution in [1.82, 2.24) is 0 Å². The SMILES string of the molecule is CCCCC(CC)CC12COP(OC1)OC2. The molecule has 0 aromatic heterocycles. The Kier molecular flexibility index (Phi) is 4.60. The molecule has 0 radical (unpaired) electrons. The van der Waals surface area contributed by atoms with Crippen LogP contribution in [0.5, 0.6) is 0 Å². The molecule has 0 aromatic carbocycles. The lowest BCUT2D eigenvalue weighted by Gasteiger charge is -2.45. The molecule has 3 nitrogen and oxygen atoms in total. The van der Waals surface area contributed by atoms with Gasteiger partial charge in [-0.25, -0.2) is 0 Å². The topological polar surface area (TPSA) is 27.7 Å². The van der Waals surface area contributed by atoms with Crippen molar-refractivity contribution in [2.75, 3.05) is 19.8 Å². The summed E-state index contributed by atoms with van der Waals surface area (Å²) >= 11 is 0. The zero-order valence-corrected chi connectivity index (χ0v) is 11.3. The van der Waals surface area contributed by atoms with Crippen LogP contribution in [0.3, 0.4) is 0 Å². The summed E-state index contributed by atoms with van der Waals surface area (Å²) in [6.07, 6.45) is 6.43. The fourth-order valence-electron chi connectivity index (χ4n) is 2.54. The summed E-state index contributed by atoms with van der Waals surface area (Å²) in [5.41, 5.74) is 0.158. The first kappa shape index (κ1) is 12.8. The predicted molar refractivity (Wildman–Crippen MR) is 65.1 cm³/mol. The fourth-order valence-corrected chi connectivity index (χ4v) is 3.90. The summed E-state index contributed by atoms with van der Waals surface area (Å²) < 4.78 is 16.7. The Morgan fingerprint density at radius 1 is 1.12 bits per heavy atom. The van der Waals surface area contributed by atoms with E-state index < -0.39 is 8.60 Å². The van der Waals surface area contributed by atoms with Crippen molar-refractivity contribution in [2.24, 2.45) is 11.3 Å². The normalized spacial score (nSPS) is 35.2. The van der Waals surface area contributed by atoms with Crippen molar-refractivity contribution in [1.29, 1.82) is 0 Å². The van der Waals surface area contributed by atoms with Gasteiger partial charge in [0.25, 0.3) is 0 Å². The molecular weight excluding hydrogens is 223 g/mol. The molecule has 1 unspecified atom stereocenters. The zero-order chi connectivity index (χ0) is 11.4. The summed E-state index contributed by atoms with van der Waals surface area (Å²) in [7, 11) is -0.976. The summed E-state index contributed by atoms with van der Waals surface area (Å²) in [6, 6.07) is 0. The lowest BCUT2D eigenvalue weighted by atomic mass is 9.78. The summed E-state index contributed by atoms with van der Waals surface area (Å²) in [5.74, 6) is 0.804. The van der Waals surface area contributed by atoms with E-state index in [1.807, 2.05) is 0 Å². The molecule has 16 heavy (non-hydrogen) atoms. The molecule has 1 atom stereocenters. The third kappa shape index (κ3) is 2.95. The zero-order valence-electron chi connectivity index (χ0n) is 10.4. The molecule has 0 aliphatic carbocycles. The van der Waals surface area contributed by atoms with E-state index in [0.29, 0.717) is 0 Å². The van der Waals surface area contributed by atoms with Crippen LogP contribution in [-0.2, 0) is 13.6 Å². The van der Waals surface area contributed by atoms with Crippen LogP contribution in [0.1, 0.15) is 46.0 Å². The minimum Gasteiger partial charge on any atom is -0.311 e. The van der Waals surface area contributed by atoms with Gasteiger partial charge in [0.05, 0.1) is 19.8 Å². The Bertz CT molecular complexity index is 201. The van der Waals surface area contributed by atoms with E-state index in [1.165, 1.54) is 32.1 Å². The van der Waals surface area contributed by atoms with Gasteiger partial charge in [0.15, 0.2) is 0 Å². The lowest BCUT2D eigenvalue weighted by molar-refractivity contribution is -0.0848. The van der Waals surface area contributed by atoms with Crippen molar-refractivity contribution in [3.63, 3.8) is 0 Å². The second kappa shape index (κ2) is 5.77. The summed E-state index contributed by atoms with van der Waals surface area (Å²) in [5, 5.41) is 0. The Hall–Kier alpha value is 0.310. The van der Waals surface area contributed by atoms with Gasteiger partial charge in [-0.2, -0.15) is 0 Å². The fraction of sp³-hybridized carbons (Fsp3) is 1.00. The van der Waals surface area contributed by atoms with Crippen LogP contribution in [0.25, 0.3) is 0 Å². The number of hydrogen-bond donors (Lipinski definition) is 0. The molecule has 0 saturated carbocycles. The number of hydrogen-bond acceptors (Lipinski definition) is 3. The van der Waals surface area contributed by atoms with Gasteiger partial charge in [-0.05, 0) is 12.3 Å². The van der Waals surface area contributed by atoms with E-state index in [0.717, 1.165) is 25.7 Å². The monoisotopic (exact) mass is 246 g/mol. The maximum Gasteiger partial charge on any atom is 0.332 e. The third-order valence-electron chi connectivity index (χ3n) is 3.69. The minimum absolute atomic E-state index is 0.158. The van der Waals surface area contributed by atoms with Crippen LogP contribution < -0.4 is 0 Å². The molecule has 0 aromatic rings. The van der Waals surface area contributed by atoms with E-state index in [1.54, 1.807) is 0 Å². The third-order valence-corrected chi connectivity index (χ3v) is 4.71. The maximum absolute atomic E-state index is 5.55. The number of unbranched alkanes of at least 4 members (excludes halogenated alkanes) is 1. The number of rotatable bonds is 6. The molecule has 3 aliphatic rings.